The Bertz CT molecular complexity index is 216. The average Bonchev–Trinajstić information content (AvgIpc) is 2.04. The lowest BCUT2D eigenvalue weighted by atomic mass is 10.1. The molecule has 0 fully saturated rings. The molecule has 0 spiro atoms. The van der Waals surface area contributed by atoms with Gasteiger partial charge in [-0.15, -0.1) is 0 Å². The topological polar surface area (TPSA) is 23.8 Å². The molecule has 0 N–H and O–H groups in total. The molecule has 0 amide bonds. The lowest BCUT2D eigenvalue weighted by Gasteiger charge is -1.96. The summed E-state index contributed by atoms with van der Waals surface area (Å²) in [6.07, 6.45) is 7.05. The van der Waals surface area contributed by atoms with Crippen molar-refractivity contribution >= 4 is 0 Å². The third-order valence-corrected chi connectivity index (χ3v) is 1.90. The number of rotatable bonds is 4. The highest BCUT2D eigenvalue weighted by atomic mass is 14.2. The number of hydrogen-bond donors (Lipinski definition) is 0. The van der Waals surface area contributed by atoms with E-state index in [4.69, 9.17) is 5.26 Å². The molecule has 0 unspecified atom stereocenters. The second kappa shape index (κ2) is 6.67. The lowest BCUT2D eigenvalue weighted by molar-refractivity contribution is 0.951. The highest BCUT2D eigenvalue weighted by molar-refractivity contribution is 5.12. The van der Waals surface area contributed by atoms with Crippen LogP contribution in [0, 0.1) is 11.3 Å². The normalized spacial score (nSPS) is 12.8. The Morgan fingerprint density at radius 2 is 2.00 bits per heavy atom. The van der Waals surface area contributed by atoms with E-state index in [0.29, 0.717) is 0 Å². The first-order chi connectivity index (χ1) is 5.70. The Labute approximate surface area is 75.4 Å². The summed E-state index contributed by atoms with van der Waals surface area (Å²) in [6.45, 7) is 6.30. The first-order valence-corrected chi connectivity index (χ1v) is 4.41. The zero-order valence-electron chi connectivity index (χ0n) is 8.22. The van der Waals surface area contributed by atoms with E-state index in [1.165, 1.54) is 5.57 Å². The second-order valence-electron chi connectivity index (χ2n) is 3.06. The fourth-order valence-electron chi connectivity index (χ4n) is 0.873. The van der Waals surface area contributed by atoms with Crippen molar-refractivity contribution in [3.8, 4) is 6.07 Å². The van der Waals surface area contributed by atoms with Crippen molar-refractivity contribution in [1.82, 2.24) is 0 Å². The van der Waals surface area contributed by atoms with Crippen molar-refractivity contribution in [2.75, 3.05) is 0 Å². The summed E-state index contributed by atoms with van der Waals surface area (Å²) >= 11 is 0. The molecular formula is C11H17N. The molecule has 0 aliphatic carbocycles. The smallest absolute Gasteiger partial charge is 0.0911 e. The van der Waals surface area contributed by atoms with E-state index >= 15 is 0 Å². The van der Waals surface area contributed by atoms with Gasteiger partial charge in [0.1, 0.15) is 0 Å². The molecule has 0 saturated carbocycles. The van der Waals surface area contributed by atoms with Gasteiger partial charge in [0.2, 0.25) is 0 Å². The van der Waals surface area contributed by atoms with E-state index in [9.17, 15) is 0 Å². The molecule has 1 nitrogen and oxygen atoms in total. The lowest BCUT2D eigenvalue weighted by Crippen LogP contribution is -1.77. The van der Waals surface area contributed by atoms with E-state index in [-0.39, 0.29) is 0 Å². The molecule has 0 heterocycles. The first kappa shape index (κ1) is 11.0. The Kier molecular flexibility index (Phi) is 6.09. The van der Waals surface area contributed by atoms with Crippen molar-refractivity contribution in [1.29, 1.82) is 5.26 Å². The molecule has 66 valence electrons. The SMILES string of the molecule is CCC(C)=CCCC(C)=CC#N. The molecule has 0 rings (SSSR count). The molecule has 0 bridgehead atoms. The highest BCUT2D eigenvalue weighted by Crippen LogP contribution is 2.07. The maximum Gasteiger partial charge on any atom is 0.0911 e. The first-order valence-electron chi connectivity index (χ1n) is 4.41. The van der Waals surface area contributed by atoms with Crippen LogP contribution in [0.5, 0.6) is 0 Å². The van der Waals surface area contributed by atoms with Crippen LogP contribution >= 0.6 is 0 Å². The fourth-order valence-corrected chi connectivity index (χ4v) is 0.873. The van der Waals surface area contributed by atoms with Crippen LogP contribution in [0.2, 0.25) is 0 Å². The Morgan fingerprint density at radius 3 is 2.50 bits per heavy atom. The summed E-state index contributed by atoms with van der Waals surface area (Å²) in [7, 11) is 0. The van der Waals surface area contributed by atoms with Gasteiger partial charge in [-0.25, -0.2) is 0 Å². The van der Waals surface area contributed by atoms with Crippen LogP contribution in [-0.4, -0.2) is 0 Å². The van der Waals surface area contributed by atoms with Crippen LogP contribution < -0.4 is 0 Å². The summed E-state index contributed by atoms with van der Waals surface area (Å²) in [5.74, 6) is 0. The van der Waals surface area contributed by atoms with E-state index in [0.717, 1.165) is 24.8 Å². The van der Waals surface area contributed by atoms with Crippen LogP contribution in [0.15, 0.2) is 23.3 Å². The number of allylic oxidation sites excluding steroid dienone is 4. The van der Waals surface area contributed by atoms with Gasteiger partial charge in [0.15, 0.2) is 0 Å². The van der Waals surface area contributed by atoms with Crippen LogP contribution in [0.4, 0.5) is 0 Å². The molecule has 12 heavy (non-hydrogen) atoms. The Hall–Kier alpha value is -1.03. The minimum absolute atomic E-state index is 1.00. The van der Waals surface area contributed by atoms with Crippen molar-refractivity contribution in [3.05, 3.63) is 23.3 Å². The Morgan fingerprint density at radius 1 is 1.33 bits per heavy atom. The van der Waals surface area contributed by atoms with Crippen LogP contribution in [0.25, 0.3) is 0 Å². The summed E-state index contributed by atoms with van der Waals surface area (Å²) in [5, 5.41) is 8.35. The third kappa shape index (κ3) is 5.73. The monoisotopic (exact) mass is 163 g/mol. The van der Waals surface area contributed by atoms with E-state index in [1.807, 2.05) is 13.0 Å². The highest BCUT2D eigenvalue weighted by Gasteiger charge is 1.88. The average molecular weight is 163 g/mol. The summed E-state index contributed by atoms with van der Waals surface area (Å²) < 4.78 is 0. The van der Waals surface area contributed by atoms with Crippen LogP contribution in [0.1, 0.15) is 40.0 Å². The van der Waals surface area contributed by atoms with Crippen LogP contribution in [0.3, 0.4) is 0 Å². The van der Waals surface area contributed by atoms with E-state index in [2.05, 4.69) is 19.9 Å². The molecule has 0 saturated heterocycles. The van der Waals surface area contributed by atoms with E-state index in [1.54, 1.807) is 6.08 Å². The number of nitriles is 1. The summed E-state index contributed by atoms with van der Waals surface area (Å²) in [6, 6.07) is 2.04. The minimum atomic E-state index is 1.00. The van der Waals surface area contributed by atoms with Gasteiger partial charge in [-0.1, -0.05) is 24.1 Å². The van der Waals surface area contributed by atoms with Gasteiger partial charge in [0.05, 0.1) is 6.07 Å². The molecule has 0 aromatic rings. The van der Waals surface area contributed by atoms with Crippen LogP contribution in [-0.2, 0) is 0 Å². The third-order valence-electron chi connectivity index (χ3n) is 1.90. The minimum Gasteiger partial charge on any atom is -0.193 e. The summed E-state index contributed by atoms with van der Waals surface area (Å²) in [5.41, 5.74) is 2.59. The van der Waals surface area contributed by atoms with Gasteiger partial charge < -0.3 is 0 Å². The van der Waals surface area contributed by atoms with Crippen molar-refractivity contribution in [2.24, 2.45) is 0 Å². The molecule has 0 aromatic carbocycles. The van der Waals surface area contributed by atoms with Gasteiger partial charge >= 0.3 is 0 Å². The van der Waals surface area contributed by atoms with Gasteiger partial charge in [-0.2, -0.15) is 5.26 Å². The van der Waals surface area contributed by atoms with Gasteiger partial charge in [-0.3, -0.25) is 0 Å². The molecule has 0 aromatic heterocycles. The fraction of sp³-hybridized carbons (Fsp3) is 0.545. The quantitative estimate of drug-likeness (QED) is 0.459. The zero-order chi connectivity index (χ0) is 9.40. The molecular weight excluding hydrogens is 146 g/mol. The van der Waals surface area contributed by atoms with Gasteiger partial charge in [0, 0.05) is 6.08 Å². The molecule has 0 atom stereocenters. The summed E-state index contributed by atoms with van der Waals surface area (Å²) in [4.78, 5) is 0. The predicted octanol–water partition coefficient (Wildman–Crippen LogP) is 3.59. The van der Waals surface area contributed by atoms with Gasteiger partial charge in [-0.05, 0) is 33.1 Å². The molecule has 0 aliphatic rings. The molecule has 0 aliphatic heterocycles. The molecule has 0 radical (unpaired) electrons. The van der Waals surface area contributed by atoms with Crippen molar-refractivity contribution in [2.45, 2.75) is 40.0 Å². The van der Waals surface area contributed by atoms with Gasteiger partial charge in [0.25, 0.3) is 0 Å². The maximum atomic E-state index is 8.35. The van der Waals surface area contributed by atoms with E-state index < -0.39 is 0 Å². The maximum absolute atomic E-state index is 8.35. The Balaban J connectivity index is 3.72. The second-order valence-corrected chi connectivity index (χ2v) is 3.06. The largest absolute Gasteiger partial charge is 0.193 e. The van der Waals surface area contributed by atoms with Crippen molar-refractivity contribution in [3.63, 3.8) is 0 Å². The predicted molar refractivity (Wildman–Crippen MR) is 52.7 cm³/mol. The standard InChI is InChI=1S/C11H17N/c1-4-10(2)6-5-7-11(3)8-9-12/h6,8H,4-5,7H2,1-3H3. The van der Waals surface area contributed by atoms with Crippen molar-refractivity contribution < 1.29 is 0 Å². The number of hydrogen-bond acceptors (Lipinski definition) is 1. The number of nitrogens with zero attached hydrogens (tertiary/aromatic N) is 1. The zero-order valence-corrected chi connectivity index (χ0v) is 8.22. The molecule has 1 heteroatoms.